The highest BCUT2D eigenvalue weighted by atomic mass is 16.5. The molecule has 2 N–H and O–H groups in total. The Balaban J connectivity index is 1.51. The largest absolute Gasteiger partial charge is 0.390 e. The minimum atomic E-state index is -0.250. The number of ether oxygens (including phenoxy) is 1. The van der Waals surface area contributed by atoms with E-state index in [2.05, 4.69) is 17.1 Å². The summed E-state index contributed by atoms with van der Waals surface area (Å²) >= 11 is 0. The van der Waals surface area contributed by atoms with Crippen LogP contribution in [0.3, 0.4) is 0 Å². The van der Waals surface area contributed by atoms with Gasteiger partial charge in [-0.05, 0) is 31.2 Å². The summed E-state index contributed by atoms with van der Waals surface area (Å²) in [6.45, 7) is 8.42. The zero-order valence-electron chi connectivity index (χ0n) is 13.0. The van der Waals surface area contributed by atoms with Crippen molar-refractivity contribution in [3.8, 4) is 0 Å². The third-order valence-corrected chi connectivity index (χ3v) is 4.93. The second kappa shape index (κ2) is 8.98. The van der Waals surface area contributed by atoms with Crippen LogP contribution in [0.2, 0.25) is 0 Å². The van der Waals surface area contributed by atoms with Gasteiger partial charge in [-0.2, -0.15) is 0 Å². The lowest BCUT2D eigenvalue weighted by molar-refractivity contribution is 0.0147. The molecule has 4 heteroatoms. The van der Waals surface area contributed by atoms with Crippen LogP contribution in [0.15, 0.2) is 0 Å². The van der Waals surface area contributed by atoms with Gasteiger partial charge in [0.1, 0.15) is 0 Å². The predicted molar refractivity (Wildman–Crippen MR) is 81.9 cm³/mol. The molecule has 1 aliphatic heterocycles. The molecule has 0 aromatic rings. The van der Waals surface area contributed by atoms with Gasteiger partial charge in [0.05, 0.1) is 19.3 Å². The monoisotopic (exact) mass is 284 g/mol. The van der Waals surface area contributed by atoms with E-state index in [4.69, 9.17) is 4.74 Å². The van der Waals surface area contributed by atoms with Crippen LogP contribution in [0.25, 0.3) is 0 Å². The molecule has 1 unspecified atom stereocenters. The Kier molecular flexibility index (Phi) is 7.28. The van der Waals surface area contributed by atoms with Gasteiger partial charge >= 0.3 is 0 Å². The first-order valence-electron chi connectivity index (χ1n) is 8.46. The second-order valence-corrected chi connectivity index (χ2v) is 6.52. The number of β-amino-alcohol motifs (C(OH)–C–C–N with tert-alkyl or cyclic N) is 1. The molecule has 1 saturated carbocycles. The molecule has 0 spiro atoms. The van der Waals surface area contributed by atoms with E-state index in [0.717, 1.165) is 57.8 Å². The van der Waals surface area contributed by atoms with Gasteiger partial charge in [0.25, 0.3) is 0 Å². The summed E-state index contributed by atoms with van der Waals surface area (Å²) in [4.78, 5) is 2.29. The lowest BCUT2D eigenvalue weighted by atomic mass is 9.81. The molecule has 2 aliphatic rings. The fraction of sp³-hybridized carbons (Fsp3) is 1.00. The minimum absolute atomic E-state index is 0.250. The first-order chi connectivity index (χ1) is 9.78. The number of hydrogen-bond donors (Lipinski definition) is 2. The van der Waals surface area contributed by atoms with E-state index in [0.29, 0.717) is 0 Å². The standard InChI is InChI=1S/C16H32N2O2/c1-2-14-3-5-15(6-4-14)11-17-12-16(19)13-18-7-9-20-10-8-18/h14-17,19H,2-13H2,1H3. The van der Waals surface area contributed by atoms with Gasteiger partial charge in [-0.1, -0.05) is 26.2 Å². The van der Waals surface area contributed by atoms with Crippen LogP contribution in [0.1, 0.15) is 39.0 Å². The average Bonchev–Trinajstić information content (AvgIpc) is 2.49. The summed E-state index contributed by atoms with van der Waals surface area (Å²) in [6, 6.07) is 0. The highest BCUT2D eigenvalue weighted by Gasteiger charge is 2.20. The Morgan fingerprint density at radius 1 is 1.15 bits per heavy atom. The van der Waals surface area contributed by atoms with Crippen molar-refractivity contribution in [1.29, 1.82) is 0 Å². The van der Waals surface area contributed by atoms with Crippen molar-refractivity contribution in [2.24, 2.45) is 11.8 Å². The van der Waals surface area contributed by atoms with Crippen molar-refractivity contribution >= 4 is 0 Å². The van der Waals surface area contributed by atoms with E-state index >= 15 is 0 Å². The van der Waals surface area contributed by atoms with E-state index < -0.39 is 0 Å². The van der Waals surface area contributed by atoms with Gasteiger partial charge in [-0.15, -0.1) is 0 Å². The fourth-order valence-electron chi connectivity index (χ4n) is 3.44. The number of nitrogens with one attached hydrogen (secondary N) is 1. The molecule has 0 aromatic carbocycles. The van der Waals surface area contributed by atoms with Gasteiger partial charge < -0.3 is 15.2 Å². The number of aliphatic hydroxyl groups is 1. The number of morpholine rings is 1. The molecule has 1 heterocycles. The molecular weight excluding hydrogens is 252 g/mol. The zero-order chi connectivity index (χ0) is 14.2. The molecular formula is C16H32N2O2. The minimum Gasteiger partial charge on any atom is -0.390 e. The molecule has 118 valence electrons. The summed E-state index contributed by atoms with van der Waals surface area (Å²) in [5.41, 5.74) is 0. The normalized spacial score (nSPS) is 30.3. The molecule has 0 aromatic heterocycles. The van der Waals surface area contributed by atoms with Crippen molar-refractivity contribution in [3.63, 3.8) is 0 Å². The highest BCUT2D eigenvalue weighted by Crippen LogP contribution is 2.29. The Bertz CT molecular complexity index is 249. The molecule has 0 bridgehead atoms. The smallest absolute Gasteiger partial charge is 0.0791 e. The van der Waals surface area contributed by atoms with Gasteiger partial charge in [0.15, 0.2) is 0 Å². The van der Waals surface area contributed by atoms with Crippen molar-refractivity contribution < 1.29 is 9.84 Å². The van der Waals surface area contributed by atoms with Crippen LogP contribution in [0.4, 0.5) is 0 Å². The fourth-order valence-corrected chi connectivity index (χ4v) is 3.44. The topological polar surface area (TPSA) is 44.7 Å². The summed E-state index contributed by atoms with van der Waals surface area (Å²) in [5.74, 6) is 1.80. The van der Waals surface area contributed by atoms with Crippen LogP contribution < -0.4 is 5.32 Å². The van der Waals surface area contributed by atoms with Gasteiger partial charge in [0, 0.05) is 26.2 Å². The van der Waals surface area contributed by atoms with Crippen LogP contribution in [0.5, 0.6) is 0 Å². The molecule has 1 aliphatic carbocycles. The molecule has 20 heavy (non-hydrogen) atoms. The zero-order valence-corrected chi connectivity index (χ0v) is 13.0. The Morgan fingerprint density at radius 3 is 2.45 bits per heavy atom. The van der Waals surface area contributed by atoms with E-state index in [1.54, 1.807) is 0 Å². The first kappa shape index (κ1) is 16.2. The van der Waals surface area contributed by atoms with Crippen molar-refractivity contribution in [3.05, 3.63) is 0 Å². The van der Waals surface area contributed by atoms with Crippen LogP contribution in [0, 0.1) is 11.8 Å². The van der Waals surface area contributed by atoms with E-state index in [9.17, 15) is 5.11 Å². The third-order valence-electron chi connectivity index (χ3n) is 4.93. The molecule has 0 amide bonds. The summed E-state index contributed by atoms with van der Waals surface area (Å²) in [5, 5.41) is 13.5. The molecule has 2 fully saturated rings. The summed E-state index contributed by atoms with van der Waals surface area (Å²) < 4.78 is 5.32. The van der Waals surface area contributed by atoms with E-state index in [1.807, 2.05) is 0 Å². The number of nitrogens with zero attached hydrogens (tertiary/aromatic N) is 1. The van der Waals surface area contributed by atoms with Crippen molar-refractivity contribution in [2.45, 2.75) is 45.1 Å². The summed E-state index contributed by atoms with van der Waals surface area (Å²) in [6.07, 6.45) is 6.63. The second-order valence-electron chi connectivity index (χ2n) is 6.52. The number of hydrogen-bond acceptors (Lipinski definition) is 4. The SMILES string of the molecule is CCC1CCC(CNCC(O)CN2CCOCC2)CC1. The third kappa shape index (κ3) is 5.68. The Morgan fingerprint density at radius 2 is 1.80 bits per heavy atom. The maximum Gasteiger partial charge on any atom is 0.0791 e. The maximum absolute atomic E-state index is 10.1. The quantitative estimate of drug-likeness (QED) is 0.743. The Labute approximate surface area is 123 Å². The lowest BCUT2D eigenvalue weighted by Gasteiger charge is -2.30. The number of rotatable bonds is 7. The average molecular weight is 284 g/mol. The molecule has 0 radical (unpaired) electrons. The van der Waals surface area contributed by atoms with E-state index in [-0.39, 0.29) is 6.10 Å². The van der Waals surface area contributed by atoms with Gasteiger partial charge in [-0.25, -0.2) is 0 Å². The molecule has 4 nitrogen and oxygen atoms in total. The van der Waals surface area contributed by atoms with Gasteiger partial charge in [-0.3, -0.25) is 4.90 Å². The van der Waals surface area contributed by atoms with Crippen molar-refractivity contribution in [2.75, 3.05) is 45.9 Å². The summed E-state index contributed by atoms with van der Waals surface area (Å²) in [7, 11) is 0. The van der Waals surface area contributed by atoms with E-state index in [1.165, 1.54) is 32.1 Å². The van der Waals surface area contributed by atoms with Crippen molar-refractivity contribution in [1.82, 2.24) is 10.2 Å². The maximum atomic E-state index is 10.1. The highest BCUT2D eigenvalue weighted by molar-refractivity contribution is 4.75. The van der Waals surface area contributed by atoms with Crippen LogP contribution in [-0.4, -0.2) is 62.0 Å². The van der Waals surface area contributed by atoms with Crippen LogP contribution >= 0.6 is 0 Å². The Hall–Kier alpha value is -0.160. The van der Waals surface area contributed by atoms with Crippen LogP contribution in [-0.2, 0) is 4.74 Å². The molecule has 2 rings (SSSR count). The lowest BCUT2D eigenvalue weighted by Crippen LogP contribution is -2.44. The number of aliphatic hydroxyl groups excluding tert-OH is 1. The van der Waals surface area contributed by atoms with Gasteiger partial charge in [0.2, 0.25) is 0 Å². The first-order valence-corrected chi connectivity index (χ1v) is 8.46. The predicted octanol–water partition coefficient (Wildman–Crippen LogP) is 1.49. The molecule has 1 saturated heterocycles. The molecule has 1 atom stereocenters.